The summed E-state index contributed by atoms with van der Waals surface area (Å²) in [7, 11) is 0. The lowest BCUT2D eigenvalue weighted by molar-refractivity contribution is 0.101. The molecule has 1 N–H and O–H groups in total. The van der Waals surface area contributed by atoms with E-state index >= 15 is 0 Å². The molecule has 0 fully saturated rings. The highest BCUT2D eigenvalue weighted by Gasteiger charge is 2.17. The standard InChI is InChI=1S/C14H16BrN3O/c1-3-10-7-5-6-8-12(10)17-14(19)13-11(15)9-16-18(13)4-2/h5-9H,3-4H2,1-2H3,(H,17,19). The zero-order valence-electron chi connectivity index (χ0n) is 11.0. The third-order valence-electron chi connectivity index (χ3n) is 2.96. The number of aromatic nitrogens is 2. The monoisotopic (exact) mass is 321 g/mol. The normalized spacial score (nSPS) is 10.5. The van der Waals surface area contributed by atoms with Gasteiger partial charge in [0.25, 0.3) is 5.91 Å². The number of aryl methyl sites for hydroxylation is 2. The fourth-order valence-electron chi connectivity index (χ4n) is 1.96. The third-order valence-corrected chi connectivity index (χ3v) is 3.54. The number of carbonyl (C=O) groups is 1. The average Bonchev–Trinajstić information content (AvgIpc) is 2.80. The van der Waals surface area contributed by atoms with Crippen molar-refractivity contribution < 1.29 is 4.79 Å². The summed E-state index contributed by atoms with van der Waals surface area (Å²) >= 11 is 3.36. The number of nitrogens with zero attached hydrogens (tertiary/aromatic N) is 2. The molecule has 19 heavy (non-hydrogen) atoms. The quantitative estimate of drug-likeness (QED) is 0.937. The van der Waals surface area contributed by atoms with E-state index in [0.717, 1.165) is 17.7 Å². The van der Waals surface area contributed by atoms with Crippen LogP contribution in [-0.2, 0) is 13.0 Å². The van der Waals surface area contributed by atoms with Crippen molar-refractivity contribution in [2.24, 2.45) is 0 Å². The van der Waals surface area contributed by atoms with Gasteiger partial charge in [-0.05, 0) is 40.9 Å². The van der Waals surface area contributed by atoms with Gasteiger partial charge in [0.15, 0.2) is 0 Å². The van der Waals surface area contributed by atoms with Gasteiger partial charge in [0.05, 0.1) is 10.7 Å². The van der Waals surface area contributed by atoms with Gasteiger partial charge in [-0.1, -0.05) is 25.1 Å². The highest BCUT2D eigenvalue weighted by atomic mass is 79.9. The molecule has 0 aliphatic rings. The highest BCUT2D eigenvalue weighted by molar-refractivity contribution is 9.10. The minimum Gasteiger partial charge on any atom is -0.320 e. The van der Waals surface area contributed by atoms with Gasteiger partial charge in [0.2, 0.25) is 0 Å². The minimum absolute atomic E-state index is 0.146. The van der Waals surface area contributed by atoms with Gasteiger partial charge in [-0.25, -0.2) is 0 Å². The molecule has 4 nitrogen and oxygen atoms in total. The highest BCUT2D eigenvalue weighted by Crippen LogP contribution is 2.20. The van der Waals surface area contributed by atoms with Crippen molar-refractivity contribution in [2.45, 2.75) is 26.8 Å². The maximum absolute atomic E-state index is 12.3. The fourth-order valence-corrected chi connectivity index (χ4v) is 2.44. The molecule has 0 spiro atoms. The second kappa shape index (κ2) is 6.02. The van der Waals surface area contributed by atoms with Gasteiger partial charge < -0.3 is 5.32 Å². The van der Waals surface area contributed by atoms with Crippen LogP contribution in [0.4, 0.5) is 5.69 Å². The summed E-state index contributed by atoms with van der Waals surface area (Å²) in [4.78, 5) is 12.3. The number of hydrogen-bond donors (Lipinski definition) is 1. The number of carbonyl (C=O) groups excluding carboxylic acids is 1. The first-order chi connectivity index (χ1) is 9.17. The van der Waals surface area contributed by atoms with Crippen LogP contribution < -0.4 is 5.32 Å². The van der Waals surface area contributed by atoms with Crippen molar-refractivity contribution in [2.75, 3.05) is 5.32 Å². The van der Waals surface area contributed by atoms with Crippen LogP contribution in [0, 0.1) is 0 Å². The largest absolute Gasteiger partial charge is 0.320 e. The lowest BCUT2D eigenvalue weighted by Gasteiger charge is -2.10. The van der Waals surface area contributed by atoms with Crippen LogP contribution in [0.5, 0.6) is 0 Å². The van der Waals surface area contributed by atoms with Crippen LogP contribution in [0.1, 0.15) is 29.9 Å². The molecular weight excluding hydrogens is 306 g/mol. The minimum atomic E-state index is -0.146. The third kappa shape index (κ3) is 2.87. The Morgan fingerprint density at radius 2 is 2.11 bits per heavy atom. The Balaban J connectivity index is 2.28. The van der Waals surface area contributed by atoms with Crippen molar-refractivity contribution in [1.29, 1.82) is 0 Å². The number of hydrogen-bond acceptors (Lipinski definition) is 2. The summed E-state index contributed by atoms with van der Waals surface area (Å²) in [5.41, 5.74) is 2.52. The van der Waals surface area contributed by atoms with E-state index in [2.05, 4.69) is 33.3 Å². The molecule has 0 aliphatic carbocycles. The van der Waals surface area contributed by atoms with Crippen LogP contribution in [0.25, 0.3) is 0 Å². The molecule has 1 amide bonds. The molecule has 2 aromatic rings. The van der Waals surface area contributed by atoms with Crippen molar-refractivity contribution in [3.05, 3.63) is 46.2 Å². The Bertz CT molecular complexity index is 592. The molecule has 1 heterocycles. The van der Waals surface area contributed by atoms with E-state index in [1.165, 1.54) is 0 Å². The molecule has 0 saturated heterocycles. The van der Waals surface area contributed by atoms with E-state index in [4.69, 9.17) is 0 Å². The Hall–Kier alpha value is -1.62. The Morgan fingerprint density at radius 3 is 2.79 bits per heavy atom. The Kier molecular flexibility index (Phi) is 4.37. The summed E-state index contributed by atoms with van der Waals surface area (Å²) in [6, 6.07) is 7.82. The number of anilines is 1. The zero-order chi connectivity index (χ0) is 13.8. The van der Waals surface area contributed by atoms with Crippen molar-refractivity contribution in [3.8, 4) is 0 Å². The van der Waals surface area contributed by atoms with E-state index in [1.54, 1.807) is 10.9 Å². The molecule has 0 aliphatic heterocycles. The first-order valence-corrected chi connectivity index (χ1v) is 7.07. The Labute approximate surface area is 120 Å². The summed E-state index contributed by atoms with van der Waals surface area (Å²) in [5.74, 6) is -0.146. The smallest absolute Gasteiger partial charge is 0.275 e. The number of rotatable bonds is 4. The first kappa shape index (κ1) is 13.8. The van der Waals surface area contributed by atoms with E-state index < -0.39 is 0 Å². The van der Waals surface area contributed by atoms with Crippen molar-refractivity contribution in [1.82, 2.24) is 9.78 Å². The number of para-hydroxylation sites is 1. The second-order valence-electron chi connectivity index (χ2n) is 4.12. The summed E-state index contributed by atoms with van der Waals surface area (Å²) in [6.45, 7) is 4.68. The predicted octanol–water partition coefficient (Wildman–Crippen LogP) is 3.48. The molecular formula is C14H16BrN3O. The second-order valence-corrected chi connectivity index (χ2v) is 4.98. The average molecular weight is 322 g/mol. The lowest BCUT2D eigenvalue weighted by atomic mass is 10.1. The summed E-state index contributed by atoms with van der Waals surface area (Å²) in [5, 5.41) is 7.10. The number of halogens is 1. The first-order valence-electron chi connectivity index (χ1n) is 6.27. The number of nitrogens with one attached hydrogen (secondary N) is 1. The maximum Gasteiger partial charge on any atom is 0.275 e. The lowest BCUT2D eigenvalue weighted by Crippen LogP contribution is -2.18. The summed E-state index contributed by atoms with van der Waals surface area (Å²) < 4.78 is 2.38. The molecule has 1 aromatic carbocycles. The molecule has 0 radical (unpaired) electrons. The van der Waals surface area contributed by atoms with Crippen LogP contribution in [0.2, 0.25) is 0 Å². The van der Waals surface area contributed by atoms with E-state index in [1.807, 2.05) is 31.2 Å². The maximum atomic E-state index is 12.3. The van der Waals surface area contributed by atoms with Gasteiger partial charge in [-0.15, -0.1) is 0 Å². The predicted molar refractivity (Wildman–Crippen MR) is 79.4 cm³/mol. The molecule has 0 unspecified atom stereocenters. The molecule has 100 valence electrons. The SMILES string of the molecule is CCc1ccccc1NC(=O)c1c(Br)cnn1CC. The van der Waals surface area contributed by atoms with E-state index in [9.17, 15) is 4.79 Å². The zero-order valence-corrected chi connectivity index (χ0v) is 12.6. The van der Waals surface area contributed by atoms with Crippen LogP contribution in [0.3, 0.4) is 0 Å². The van der Waals surface area contributed by atoms with E-state index in [0.29, 0.717) is 16.7 Å². The van der Waals surface area contributed by atoms with Gasteiger partial charge in [-0.3, -0.25) is 9.48 Å². The van der Waals surface area contributed by atoms with Crippen LogP contribution >= 0.6 is 15.9 Å². The topological polar surface area (TPSA) is 46.9 Å². The van der Waals surface area contributed by atoms with Gasteiger partial charge in [-0.2, -0.15) is 5.10 Å². The number of amides is 1. The van der Waals surface area contributed by atoms with Crippen molar-refractivity contribution in [3.63, 3.8) is 0 Å². The molecule has 0 atom stereocenters. The number of benzene rings is 1. The van der Waals surface area contributed by atoms with Crippen molar-refractivity contribution >= 4 is 27.5 Å². The molecule has 0 bridgehead atoms. The van der Waals surface area contributed by atoms with E-state index in [-0.39, 0.29) is 5.91 Å². The van der Waals surface area contributed by atoms with Crippen LogP contribution in [0.15, 0.2) is 34.9 Å². The molecule has 0 saturated carbocycles. The molecule has 5 heteroatoms. The molecule has 1 aromatic heterocycles. The fraction of sp³-hybridized carbons (Fsp3) is 0.286. The van der Waals surface area contributed by atoms with Gasteiger partial charge >= 0.3 is 0 Å². The van der Waals surface area contributed by atoms with Gasteiger partial charge in [0.1, 0.15) is 5.69 Å². The summed E-state index contributed by atoms with van der Waals surface area (Å²) in [6.07, 6.45) is 2.52. The molecule has 2 rings (SSSR count). The van der Waals surface area contributed by atoms with Crippen LogP contribution in [-0.4, -0.2) is 15.7 Å². The van der Waals surface area contributed by atoms with Gasteiger partial charge in [0, 0.05) is 12.2 Å². The Morgan fingerprint density at radius 1 is 1.37 bits per heavy atom.